The molecule has 12 heteroatoms. The Hall–Kier alpha value is -0.710. The summed E-state index contributed by atoms with van der Waals surface area (Å²) in [5.74, 6) is 0. The van der Waals surface area contributed by atoms with Crippen LogP contribution in [0.2, 0.25) is 0 Å². The first-order chi connectivity index (χ1) is 6.83. The van der Waals surface area contributed by atoms with E-state index in [1.165, 1.54) is 0 Å². The Labute approximate surface area is 87.8 Å². The van der Waals surface area contributed by atoms with Gasteiger partial charge in [-0.3, -0.25) is 0 Å². The molecule has 0 aliphatic heterocycles. The highest BCUT2D eigenvalue weighted by molar-refractivity contribution is 8.14. The lowest BCUT2D eigenvalue weighted by Gasteiger charge is -2.22. The maximum atomic E-state index is 12.3. The van der Waals surface area contributed by atoms with Gasteiger partial charge in [0.1, 0.15) is 0 Å². The highest BCUT2D eigenvalue weighted by Gasteiger charge is 2.69. The summed E-state index contributed by atoms with van der Waals surface area (Å²) in [5.41, 5.74) is 0. The zero-order valence-corrected chi connectivity index (χ0v) is 8.23. The van der Waals surface area contributed by atoms with Gasteiger partial charge in [0.05, 0.1) is 0 Å². The van der Waals surface area contributed by atoms with E-state index in [9.17, 15) is 39.2 Å². The fourth-order valence-corrected chi connectivity index (χ4v) is 0.947. The van der Waals surface area contributed by atoms with Gasteiger partial charge in [0.25, 0.3) is 0 Å². The van der Waals surface area contributed by atoms with E-state index >= 15 is 0 Å². The van der Waals surface area contributed by atoms with Gasteiger partial charge in [0, 0.05) is 10.7 Å². The number of halogens is 8. The third-order valence-electron chi connectivity index (χ3n) is 1.01. The average Bonchev–Trinajstić information content (AvgIpc) is 2.00. The molecule has 0 bridgehead atoms. The molecule has 16 heavy (non-hydrogen) atoms. The van der Waals surface area contributed by atoms with Crippen LogP contribution in [-0.2, 0) is 13.8 Å². The second-order valence-electron chi connectivity index (χ2n) is 2.11. The van der Waals surface area contributed by atoms with E-state index in [1.54, 1.807) is 0 Å². The normalized spacial score (nSPS) is 13.5. The first-order valence-corrected chi connectivity index (χ1v) is 5.23. The number of hydrogen-bond acceptors (Lipinski definition) is 3. The van der Waals surface area contributed by atoms with E-state index in [1.807, 2.05) is 0 Å². The summed E-state index contributed by atoms with van der Waals surface area (Å²) in [6.07, 6.45) is -9.55. The summed E-state index contributed by atoms with van der Waals surface area (Å²) in [7, 11) is -2.29. The van der Waals surface area contributed by atoms with Crippen molar-refractivity contribution in [1.82, 2.24) is 0 Å². The molecule has 96 valence electrons. The van der Waals surface area contributed by atoms with Crippen LogP contribution in [0.15, 0.2) is 12.1 Å². The molecule has 0 aromatic heterocycles. The summed E-state index contributed by atoms with van der Waals surface area (Å²) < 4.78 is 106. The summed E-state index contributed by atoms with van der Waals surface area (Å²) in [5, 5.41) is -6.08. The van der Waals surface area contributed by atoms with Gasteiger partial charge >= 0.3 is 32.5 Å². The molecule has 0 unspecified atom stereocenters. The van der Waals surface area contributed by atoms with Gasteiger partial charge in [-0.2, -0.15) is 30.7 Å². The van der Waals surface area contributed by atoms with Gasteiger partial charge in [-0.05, 0) is 0 Å². The lowest BCUT2D eigenvalue weighted by molar-refractivity contribution is -0.308. The zero-order valence-electron chi connectivity index (χ0n) is 6.66. The molecule has 0 heterocycles. The maximum absolute atomic E-state index is 12.3. The summed E-state index contributed by atoms with van der Waals surface area (Å²) in [6.45, 7) is 0. The van der Waals surface area contributed by atoms with Crippen molar-refractivity contribution in [3.63, 3.8) is 0 Å². The molecule has 0 amide bonds. The van der Waals surface area contributed by atoms with Crippen LogP contribution in [0.4, 0.5) is 30.7 Å². The smallest absolute Gasteiger partial charge is 0.397 e. The molecular formula is C4ClF7O3S. The molecule has 0 saturated carbocycles. The second-order valence-corrected chi connectivity index (χ2v) is 4.71. The van der Waals surface area contributed by atoms with Crippen LogP contribution in [0.1, 0.15) is 0 Å². The molecule has 0 N–H and O–H groups in total. The van der Waals surface area contributed by atoms with Gasteiger partial charge in [-0.1, -0.05) is 0 Å². The van der Waals surface area contributed by atoms with E-state index in [4.69, 9.17) is 0 Å². The van der Waals surface area contributed by atoms with Crippen LogP contribution < -0.4 is 0 Å². The van der Waals surface area contributed by atoms with Crippen LogP contribution in [-0.4, -0.2) is 19.8 Å². The van der Waals surface area contributed by atoms with E-state index < -0.39 is 32.5 Å². The molecule has 0 fully saturated rings. The molecule has 0 radical (unpaired) electrons. The van der Waals surface area contributed by atoms with E-state index in [0.717, 1.165) is 0 Å². The van der Waals surface area contributed by atoms with Crippen molar-refractivity contribution in [1.29, 1.82) is 0 Å². The monoisotopic (exact) mass is 296 g/mol. The zero-order chi connectivity index (χ0) is 13.4. The van der Waals surface area contributed by atoms with Crippen molar-refractivity contribution in [3.8, 4) is 0 Å². The van der Waals surface area contributed by atoms with Gasteiger partial charge in [0.2, 0.25) is 0 Å². The fraction of sp³-hybridized carbons (Fsp3) is 0.500. The predicted octanol–water partition coefficient (Wildman–Crippen LogP) is 2.79. The molecular weight excluding hydrogens is 297 g/mol. The summed E-state index contributed by atoms with van der Waals surface area (Å²) >= 11 is 0. The Bertz CT molecular complexity index is 398. The van der Waals surface area contributed by atoms with Crippen molar-refractivity contribution < 1.29 is 43.9 Å². The number of rotatable bonds is 4. The van der Waals surface area contributed by atoms with Crippen molar-refractivity contribution >= 4 is 19.7 Å². The second kappa shape index (κ2) is 4.28. The fourth-order valence-electron chi connectivity index (χ4n) is 0.352. The molecule has 0 saturated heterocycles. The van der Waals surface area contributed by atoms with Crippen molar-refractivity contribution in [2.75, 3.05) is 0 Å². The molecule has 0 aliphatic carbocycles. The minimum Gasteiger partial charge on any atom is -0.397 e. The van der Waals surface area contributed by atoms with Crippen LogP contribution in [0.5, 0.6) is 0 Å². The first kappa shape index (κ1) is 15.3. The van der Waals surface area contributed by atoms with Gasteiger partial charge < -0.3 is 4.74 Å². The molecule has 0 aromatic carbocycles. The van der Waals surface area contributed by atoms with Crippen molar-refractivity contribution in [2.24, 2.45) is 0 Å². The topological polar surface area (TPSA) is 43.4 Å². The maximum Gasteiger partial charge on any atom is 0.483 e. The Kier molecular flexibility index (Phi) is 4.09. The van der Waals surface area contributed by atoms with Gasteiger partial charge in [-0.15, -0.1) is 0 Å². The number of alkyl halides is 4. The highest BCUT2D eigenvalue weighted by atomic mass is 35.7. The van der Waals surface area contributed by atoms with E-state index in [0.29, 0.717) is 0 Å². The highest BCUT2D eigenvalue weighted by Crippen LogP contribution is 2.43. The minimum absolute atomic E-state index is 2.21. The molecule has 3 nitrogen and oxygen atoms in total. The number of ether oxygens (including phenoxy) is 1. The third-order valence-corrected chi connectivity index (χ3v) is 2.44. The molecule has 0 rings (SSSR count). The van der Waals surface area contributed by atoms with Gasteiger partial charge in [0.15, 0.2) is 0 Å². The minimum atomic E-state index is -6.20. The predicted molar refractivity (Wildman–Crippen MR) is 36.1 cm³/mol. The SMILES string of the molecule is O=S(=O)(Cl)C(F)(F)C(F)(F)OC(F)=C(F)F. The first-order valence-electron chi connectivity index (χ1n) is 2.92. The van der Waals surface area contributed by atoms with E-state index in [2.05, 4.69) is 15.4 Å². The van der Waals surface area contributed by atoms with Crippen molar-refractivity contribution in [2.45, 2.75) is 11.4 Å². The van der Waals surface area contributed by atoms with Crippen LogP contribution in [0.3, 0.4) is 0 Å². The Balaban J connectivity index is 5.32. The summed E-state index contributed by atoms with van der Waals surface area (Å²) in [4.78, 5) is 0. The standard InChI is InChI=1S/C4ClF7O3S/c5-16(13,14)4(11,12)3(9,10)15-2(8)1(6)7. The van der Waals surface area contributed by atoms with E-state index in [-0.39, 0.29) is 0 Å². The van der Waals surface area contributed by atoms with Crippen molar-refractivity contribution in [3.05, 3.63) is 12.1 Å². The lowest BCUT2D eigenvalue weighted by Crippen LogP contribution is -2.46. The Morgan fingerprint density at radius 1 is 1.06 bits per heavy atom. The summed E-state index contributed by atoms with van der Waals surface area (Å²) in [6, 6.07) is -3.34. The Morgan fingerprint density at radius 2 is 1.44 bits per heavy atom. The molecule has 0 aliphatic rings. The average molecular weight is 297 g/mol. The van der Waals surface area contributed by atoms with Crippen LogP contribution in [0, 0.1) is 0 Å². The lowest BCUT2D eigenvalue weighted by atomic mass is 10.6. The third kappa shape index (κ3) is 2.90. The van der Waals surface area contributed by atoms with Crippen LogP contribution >= 0.6 is 10.7 Å². The van der Waals surface area contributed by atoms with Crippen LogP contribution in [0.25, 0.3) is 0 Å². The largest absolute Gasteiger partial charge is 0.483 e. The molecule has 0 aromatic rings. The molecule has 0 spiro atoms. The molecule has 0 atom stereocenters. The number of hydrogen-bond donors (Lipinski definition) is 0. The van der Waals surface area contributed by atoms with Gasteiger partial charge in [-0.25, -0.2) is 8.42 Å². The quantitative estimate of drug-likeness (QED) is 0.455. The Morgan fingerprint density at radius 3 is 1.69 bits per heavy atom.